The smallest absolute Gasteiger partial charge is 0.137 e. The molecule has 0 bridgehead atoms. The Balaban J connectivity index is 1.23. The molecule has 0 radical (unpaired) electrons. The summed E-state index contributed by atoms with van der Waals surface area (Å²) in [6.45, 7) is 2.23. The van der Waals surface area contributed by atoms with Crippen LogP contribution in [0.2, 0.25) is 0 Å². The minimum atomic E-state index is -0.190. The lowest BCUT2D eigenvalue weighted by atomic mass is 9.76. The molecule has 2 heterocycles. The Morgan fingerprint density at radius 2 is 1.81 bits per heavy atom. The zero-order valence-electron chi connectivity index (χ0n) is 18.1. The van der Waals surface area contributed by atoms with Gasteiger partial charge in [-0.15, -0.1) is 0 Å². The van der Waals surface area contributed by atoms with E-state index in [1.54, 1.807) is 18.5 Å². The first-order valence-corrected chi connectivity index (χ1v) is 12.1. The van der Waals surface area contributed by atoms with Crippen molar-refractivity contribution in [1.82, 2.24) is 15.0 Å². The highest BCUT2D eigenvalue weighted by atomic mass is 79.9. The van der Waals surface area contributed by atoms with Gasteiger partial charge in [-0.05, 0) is 98.9 Å². The third kappa shape index (κ3) is 4.46. The van der Waals surface area contributed by atoms with Crippen LogP contribution in [0.5, 0.6) is 0 Å². The predicted octanol–water partition coefficient (Wildman–Crippen LogP) is 7.24. The molecule has 1 N–H and O–H groups in total. The summed E-state index contributed by atoms with van der Waals surface area (Å²) in [4.78, 5) is 13.3. The monoisotopic (exact) mass is 492 g/mol. The van der Waals surface area contributed by atoms with Gasteiger partial charge in [-0.1, -0.05) is 15.9 Å². The predicted molar refractivity (Wildman–Crippen MR) is 131 cm³/mol. The van der Waals surface area contributed by atoms with Crippen molar-refractivity contribution >= 4 is 43.6 Å². The molecule has 0 amide bonds. The van der Waals surface area contributed by atoms with Gasteiger partial charge in [0.1, 0.15) is 18.0 Å². The Labute approximate surface area is 195 Å². The number of halogens is 2. The average molecular weight is 493 g/mol. The Kier molecular flexibility index (Phi) is 6.05. The molecule has 6 heteroatoms. The van der Waals surface area contributed by atoms with Crippen LogP contribution in [0.3, 0.4) is 0 Å². The maximum absolute atomic E-state index is 13.8. The van der Waals surface area contributed by atoms with E-state index in [1.807, 2.05) is 18.3 Å². The molecular weight excluding hydrogens is 467 g/mol. The van der Waals surface area contributed by atoms with E-state index in [2.05, 4.69) is 55.3 Å². The Hall–Kier alpha value is -2.60. The summed E-state index contributed by atoms with van der Waals surface area (Å²) in [6.07, 6.45) is 9.24. The molecule has 1 atom stereocenters. The van der Waals surface area contributed by atoms with Crippen LogP contribution in [0, 0.1) is 11.7 Å². The molecule has 5 rings (SSSR count). The zero-order chi connectivity index (χ0) is 22.1. The molecule has 1 aliphatic carbocycles. The van der Waals surface area contributed by atoms with E-state index >= 15 is 0 Å². The van der Waals surface area contributed by atoms with Crippen molar-refractivity contribution in [3.05, 3.63) is 70.8 Å². The number of benzene rings is 2. The van der Waals surface area contributed by atoms with Crippen LogP contribution < -0.4 is 5.32 Å². The Morgan fingerprint density at radius 3 is 2.66 bits per heavy atom. The molecule has 164 valence electrons. The summed E-state index contributed by atoms with van der Waals surface area (Å²) in [5, 5.41) is 5.62. The van der Waals surface area contributed by atoms with Gasteiger partial charge in [-0.2, -0.15) is 0 Å². The topological polar surface area (TPSA) is 50.7 Å². The van der Waals surface area contributed by atoms with Crippen LogP contribution in [0.25, 0.3) is 21.8 Å². The maximum atomic E-state index is 13.8. The van der Waals surface area contributed by atoms with Gasteiger partial charge >= 0.3 is 0 Å². The first-order valence-electron chi connectivity index (χ1n) is 11.3. The highest BCUT2D eigenvalue weighted by Gasteiger charge is 2.25. The second-order valence-corrected chi connectivity index (χ2v) is 9.86. The van der Waals surface area contributed by atoms with Crippen LogP contribution >= 0.6 is 15.9 Å². The molecule has 0 spiro atoms. The number of nitrogens with zero attached hydrogens (tertiary/aromatic N) is 3. The van der Waals surface area contributed by atoms with Gasteiger partial charge in [0.15, 0.2) is 0 Å². The van der Waals surface area contributed by atoms with Gasteiger partial charge in [0, 0.05) is 27.5 Å². The largest absolute Gasteiger partial charge is 0.367 e. The minimum absolute atomic E-state index is 0.190. The number of rotatable bonds is 5. The Bertz CT molecular complexity index is 1250. The van der Waals surface area contributed by atoms with Crippen LogP contribution in [-0.4, -0.2) is 21.0 Å². The minimum Gasteiger partial charge on any atom is -0.367 e. The zero-order valence-corrected chi connectivity index (χ0v) is 19.6. The van der Waals surface area contributed by atoms with Gasteiger partial charge in [-0.25, -0.2) is 14.4 Å². The highest BCUT2D eigenvalue weighted by molar-refractivity contribution is 9.10. The number of aromatic nitrogens is 3. The van der Waals surface area contributed by atoms with E-state index in [4.69, 9.17) is 0 Å². The van der Waals surface area contributed by atoms with Crippen molar-refractivity contribution in [2.24, 2.45) is 5.92 Å². The molecule has 0 saturated heterocycles. The molecule has 4 nitrogen and oxygen atoms in total. The fourth-order valence-electron chi connectivity index (χ4n) is 5.14. The number of hydrogen-bond donors (Lipinski definition) is 1. The molecule has 4 aromatic rings. The molecule has 32 heavy (non-hydrogen) atoms. The van der Waals surface area contributed by atoms with E-state index in [0.717, 1.165) is 51.4 Å². The Morgan fingerprint density at radius 1 is 0.969 bits per heavy atom. The highest BCUT2D eigenvalue weighted by Crippen LogP contribution is 2.40. The third-order valence-corrected chi connectivity index (χ3v) is 7.19. The second kappa shape index (κ2) is 9.10. The SMILES string of the molecule is C[C@H](C[C@H]1CC[C@@H](c2ccnc3ccc(F)cc32)CC1)Nc1ncnc2cc(Br)ccc12. The van der Waals surface area contributed by atoms with Crippen molar-refractivity contribution in [3.63, 3.8) is 0 Å². The van der Waals surface area contributed by atoms with Crippen molar-refractivity contribution in [2.45, 2.75) is 51.0 Å². The molecular formula is C26H26BrFN4. The number of anilines is 1. The van der Waals surface area contributed by atoms with Gasteiger partial charge in [0.25, 0.3) is 0 Å². The summed E-state index contributed by atoms with van der Waals surface area (Å²) < 4.78 is 14.9. The third-order valence-electron chi connectivity index (χ3n) is 6.69. The molecule has 0 aliphatic heterocycles. The van der Waals surface area contributed by atoms with Gasteiger partial charge < -0.3 is 5.32 Å². The van der Waals surface area contributed by atoms with Crippen molar-refractivity contribution in [2.75, 3.05) is 5.32 Å². The van der Waals surface area contributed by atoms with E-state index < -0.39 is 0 Å². The van der Waals surface area contributed by atoms with Crippen molar-refractivity contribution in [1.29, 1.82) is 0 Å². The molecule has 2 aromatic carbocycles. The molecule has 1 aliphatic rings. The van der Waals surface area contributed by atoms with Crippen molar-refractivity contribution < 1.29 is 4.39 Å². The van der Waals surface area contributed by atoms with E-state index in [-0.39, 0.29) is 5.82 Å². The number of hydrogen-bond acceptors (Lipinski definition) is 4. The van der Waals surface area contributed by atoms with Crippen LogP contribution in [0.1, 0.15) is 50.5 Å². The number of nitrogens with one attached hydrogen (secondary N) is 1. The fraction of sp³-hybridized carbons (Fsp3) is 0.346. The van der Waals surface area contributed by atoms with Gasteiger partial charge in [-0.3, -0.25) is 4.98 Å². The average Bonchev–Trinajstić information content (AvgIpc) is 2.79. The summed E-state index contributed by atoms with van der Waals surface area (Å²) in [5.41, 5.74) is 3.07. The van der Waals surface area contributed by atoms with Crippen LogP contribution in [-0.2, 0) is 0 Å². The van der Waals surface area contributed by atoms with E-state index in [1.165, 1.54) is 24.5 Å². The van der Waals surface area contributed by atoms with E-state index in [9.17, 15) is 4.39 Å². The summed E-state index contributed by atoms with van der Waals surface area (Å²) in [7, 11) is 0. The summed E-state index contributed by atoms with van der Waals surface area (Å²) in [6, 6.07) is 13.4. The molecule has 0 unspecified atom stereocenters. The number of fused-ring (bicyclic) bond motifs is 2. The van der Waals surface area contributed by atoms with Gasteiger partial charge in [0.2, 0.25) is 0 Å². The van der Waals surface area contributed by atoms with Crippen LogP contribution in [0.4, 0.5) is 10.2 Å². The first kappa shape index (κ1) is 21.3. The normalized spacial score (nSPS) is 19.8. The second-order valence-electron chi connectivity index (χ2n) is 8.94. The first-order chi connectivity index (χ1) is 15.6. The fourth-order valence-corrected chi connectivity index (χ4v) is 5.49. The maximum Gasteiger partial charge on any atom is 0.137 e. The quantitative estimate of drug-likeness (QED) is 0.318. The van der Waals surface area contributed by atoms with Crippen LogP contribution in [0.15, 0.2) is 59.5 Å². The number of pyridine rings is 1. The molecule has 1 fully saturated rings. The lowest BCUT2D eigenvalue weighted by Gasteiger charge is -2.31. The summed E-state index contributed by atoms with van der Waals surface area (Å²) in [5.74, 6) is 1.87. The van der Waals surface area contributed by atoms with E-state index in [0.29, 0.717) is 17.9 Å². The lowest BCUT2D eigenvalue weighted by molar-refractivity contribution is 0.302. The lowest BCUT2D eigenvalue weighted by Crippen LogP contribution is -2.23. The van der Waals surface area contributed by atoms with Gasteiger partial charge in [0.05, 0.1) is 11.0 Å². The standard InChI is InChI=1S/C26H26BrFN4/c1-16(32-26-22-8-6-19(27)13-25(22)30-15-31-26)12-17-2-4-18(5-3-17)21-10-11-29-24-9-7-20(28)14-23(21)24/h6-11,13-18H,2-5,12H2,1H3,(H,30,31,32)/t16-,17-,18+/m1/s1. The van der Waals surface area contributed by atoms with Crippen molar-refractivity contribution in [3.8, 4) is 0 Å². The summed E-state index contributed by atoms with van der Waals surface area (Å²) >= 11 is 3.51. The molecule has 2 aromatic heterocycles. The molecule has 1 saturated carbocycles.